The molecule has 2 aromatic carbocycles. The predicted octanol–water partition coefficient (Wildman–Crippen LogP) is 4.26. The molecule has 1 aliphatic rings. The highest BCUT2D eigenvalue weighted by Gasteiger charge is 2.28. The number of hydrogen-bond acceptors (Lipinski definition) is 4. The second-order valence-corrected chi connectivity index (χ2v) is 7.67. The van der Waals surface area contributed by atoms with Gasteiger partial charge in [0.2, 0.25) is 5.91 Å². The highest BCUT2D eigenvalue weighted by molar-refractivity contribution is 8.01. The van der Waals surface area contributed by atoms with E-state index in [9.17, 15) is 4.79 Å². The number of benzene rings is 2. The lowest BCUT2D eigenvalue weighted by molar-refractivity contribution is -0.115. The fraction of sp³-hybridized carbons (Fsp3) is 0.176. The van der Waals surface area contributed by atoms with E-state index in [4.69, 9.17) is 0 Å². The van der Waals surface area contributed by atoms with Crippen LogP contribution < -0.4 is 5.32 Å². The van der Waals surface area contributed by atoms with Gasteiger partial charge in [-0.2, -0.15) is 0 Å². The molecule has 1 aliphatic heterocycles. The number of aromatic nitrogens is 1. The van der Waals surface area contributed by atoms with Crippen LogP contribution in [-0.2, 0) is 11.2 Å². The van der Waals surface area contributed by atoms with Gasteiger partial charge in [-0.15, -0.1) is 11.8 Å². The van der Waals surface area contributed by atoms with Gasteiger partial charge >= 0.3 is 0 Å². The lowest BCUT2D eigenvalue weighted by Gasteiger charge is -2.07. The lowest BCUT2D eigenvalue weighted by Crippen LogP contribution is -2.24. The first-order valence-corrected chi connectivity index (χ1v) is 8.81. The van der Waals surface area contributed by atoms with Crippen LogP contribution in [0.15, 0.2) is 47.4 Å². The number of fused-ring (bicyclic) bond motifs is 2. The monoisotopic (exact) mass is 326 g/mol. The number of thioether (sulfide) groups is 1. The van der Waals surface area contributed by atoms with Crippen molar-refractivity contribution in [3.8, 4) is 0 Å². The van der Waals surface area contributed by atoms with Crippen LogP contribution in [0.3, 0.4) is 0 Å². The number of hydrogen-bond donors (Lipinski definition) is 1. The summed E-state index contributed by atoms with van der Waals surface area (Å²) in [5, 5.41) is 3.59. The summed E-state index contributed by atoms with van der Waals surface area (Å²) < 4.78 is 1.11. The second-order valence-electron chi connectivity index (χ2n) is 5.40. The maximum Gasteiger partial charge on any atom is 0.239 e. The van der Waals surface area contributed by atoms with E-state index in [0.29, 0.717) is 5.13 Å². The molecule has 5 heteroatoms. The fourth-order valence-electron chi connectivity index (χ4n) is 2.60. The van der Waals surface area contributed by atoms with Crippen molar-refractivity contribution < 1.29 is 4.79 Å². The van der Waals surface area contributed by atoms with Gasteiger partial charge in [-0.3, -0.25) is 4.79 Å². The summed E-state index contributed by atoms with van der Waals surface area (Å²) in [4.78, 5) is 18.2. The Labute approximate surface area is 136 Å². The third kappa shape index (κ3) is 2.51. The van der Waals surface area contributed by atoms with Crippen LogP contribution in [0.25, 0.3) is 10.2 Å². The van der Waals surface area contributed by atoms with Crippen molar-refractivity contribution in [2.75, 3.05) is 5.32 Å². The molecular weight excluding hydrogens is 312 g/mol. The zero-order valence-corrected chi connectivity index (χ0v) is 13.6. The van der Waals surface area contributed by atoms with Crippen LogP contribution in [0, 0.1) is 6.92 Å². The molecule has 1 amide bonds. The van der Waals surface area contributed by atoms with Gasteiger partial charge in [-0.25, -0.2) is 4.98 Å². The number of carbonyl (C=O) groups excluding carboxylic acids is 1. The Kier molecular flexibility index (Phi) is 3.39. The van der Waals surface area contributed by atoms with E-state index in [0.717, 1.165) is 16.6 Å². The number of amides is 1. The van der Waals surface area contributed by atoms with Gasteiger partial charge in [0.15, 0.2) is 5.13 Å². The van der Waals surface area contributed by atoms with Crippen molar-refractivity contribution in [1.82, 2.24) is 4.98 Å². The Morgan fingerprint density at radius 3 is 3.00 bits per heavy atom. The maximum atomic E-state index is 12.5. The van der Waals surface area contributed by atoms with Gasteiger partial charge in [-0.1, -0.05) is 35.6 Å². The summed E-state index contributed by atoms with van der Waals surface area (Å²) in [6, 6.07) is 14.3. The van der Waals surface area contributed by atoms with Gasteiger partial charge < -0.3 is 5.32 Å². The van der Waals surface area contributed by atoms with Crippen molar-refractivity contribution in [2.24, 2.45) is 0 Å². The van der Waals surface area contributed by atoms with E-state index in [2.05, 4.69) is 35.4 Å². The Balaban J connectivity index is 1.52. The first-order chi connectivity index (χ1) is 10.7. The zero-order chi connectivity index (χ0) is 15.1. The quantitative estimate of drug-likeness (QED) is 0.765. The summed E-state index contributed by atoms with van der Waals surface area (Å²) in [6.45, 7) is 2.06. The number of nitrogens with one attached hydrogen (secondary N) is 1. The van der Waals surface area contributed by atoms with Crippen LogP contribution in [-0.4, -0.2) is 16.1 Å². The summed E-state index contributed by atoms with van der Waals surface area (Å²) in [5.74, 6) is 0.0389. The molecule has 3 aromatic rings. The third-order valence-corrected chi connectivity index (χ3v) is 5.96. The molecule has 0 unspecified atom stereocenters. The average molecular weight is 326 g/mol. The van der Waals surface area contributed by atoms with E-state index >= 15 is 0 Å². The van der Waals surface area contributed by atoms with Crippen LogP contribution >= 0.6 is 23.1 Å². The molecule has 110 valence electrons. The van der Waals surface area contributed by atoms with Gasteiger partial charge in [-0.05, 0) is 42.7 Å². The number of thiazole rings is 1. The normalized spacial score (nSPS) is 16.7. The van der Waals surface area contributed by atoms with Gasteiger partial charge in [0.25, 0.3) is 0 Å². The van der Waals surface area contributed by atoms with E-state index in [1.807, 2.05) is 24.3 Å². The SMILES string of the molecule is Cc1ccc2nc(NC(=O)[C@@H]3Cc4ccccc4S3)sc2c1. The number of aryl methyl sites for hydroxylation is 1. The molecule has 4 rings (SSSR count). The fourth-order valence-corrected chi connectivity index (χ4v) is 4.76. The Bertz CT molecular complexity index is 847. The molecule has 0 fully saturated rings. The summed E-state index contributed by atoms with van der Waals surface area (Å²) >= 11 is 3.17. The summed E-state index contributed by atoms with van der Waals surface area (Å²) in [6.07, 6.45) is 0.788. The van der Waals surface area contributed by atoms with Gasteiger partial charge in [0, 0.05) is 4.90 Å². The van der Waals surface area contributed by atoms with E-state index in [-0.39, 0.29) is 11.2 Å². The molecule has 1 atom stereocenters. The number of carbonyl (C=O) groups is 1. The zero-order valence-electron chi connectivity index (χ0n) is 12.0. The van der Waals surface area contributed by atoms with Crippen LogP contribution in [0.1, 0.15) is 11.1 Å². The lowest BCUT2D eigenvalue weighted by atomic mass is 10.1. The Hall–Kier alpha value is -1.85. The molecule has 2 heterocycles. The van der Waals surface area contributed by atoms with Crippen molar-refractivity contribution in [3.63, 3.8) is 0 Å². The van der Waals surface area contributed by atoms with Gasteiger partial charge in [0.1, 0.15) is 0 Å². The van der Waals surface area contributed by atoms with E-state index in [1.54, 1.807) is 11.8 Å². The standard InChI is InChI=1S/C17H14N2OS2/c1-10-6-7-12-14(8-10)22-17(18-12)19-16(20)15-9-11-4-2-3-5-13(11)21-15/h2-8,15H,9H2,1H3,(H,18,19,20)/t15-/m0/s1. The predicted molar refractivity (Wildman–Crippen MR) is 92.8 cm³/mol. The molecular formula is C17H14N2OS2. The topological polar surface area (TPSA) is 42.0 Å². The van der Waals surface area contributed by atoms with Gasteiger partial charge in [0.05, 0.1) is 15.5 Å². The van der Waals surface area contributed by atoms with Crippen molar-refractivity contribution in [1.29, 1.82) is 0 Å². The third-order valence-electron chi connectivity index (χ3n) is 3.71. The number of anilines is 1. The van der Waals surface area contributed by atoms with Crippen molar-refractivity contribution in [2.45, 2.75) is 23.5 Å². The Morgan fingerprint density at radius 1 is 1.27 bits per heavy atom. The summed E-state index contributed by atoms with van der Waals surface area (Å²) in [5.41, 5.74) is 3.40. The minimum atomic E-state index is -0.0638. The summed E-state index contributed by atoms with van der Waals surface area (Å²) in [7, 11) is 0. The number of rotatable bonds is 2. The largest absolute Gasteiger partial charge is 0.301 e. The Morgan fingerprint density at radius 2 is 2.14 bits per heavy atom. The molecule has 3 nitrogen and oxygen atoms in total. The van der Waals surface area contributed by atoms with Crippen LogP contribution in [0.5, 0.6) is 0 Å². The molecule has 0 spiro atoms. The second kappa shape index (κ2) is 5.41. The smallest absolute Gasteiger partial charge is 0.239 e. The van der Waals surface area contributed by atoms with E-state index in [1.165, 1.54) is 27.4 Å². The minimum absolute atomic E-state index is 0.0389. The van der Waals surface area contributed by atoms with Crippen LogP contribution in [0.4, 0.5) is 5.13 Å². The van der Waals surface area contributed by atoms with Crippen molar-refractivity contribution in [3.05, 3.63) is 53.6 Å². The number of nitrogens with zero attached hydrogens (tertiary/aromatic N) is 1. The molecule has 1 N–H and O–H groups in total. The maximum absolute atomic E-state index is 12.5. The molecule has 0 bridgehead atoms. The minimum Gasteiger partial charge on any atom is -0.301 e. The molecule has 0 saturated heterocycles. The molecule has 0 saturated carbocycles. The molecule has 22 heavy (non-hydrogen) atoms. The molecule has 0 aliphatic carbocycles. The van der Waals surface area contributed by atoms with Crippen LogP contribution in [0.2, 0.25) is 0 Å². The molecule has 1 aromatic heterocycles. The first-order valence-electron chi connectivity index (χ1n) is 7.12. The average Bonchev–Trinajstić information content (AvgIpc) is 3.09. The first kappa shape index (κ1) is 13.8. The molecule has 0 radical (unpaired) electrons. The van der Waals surface area contributed by atoms with E-state index < -0.39 is 0 Å². The highest BCUT2D eigenvalue weighted by atomic mass is 32.2. The highest BCUT2D eigenvalue weighted by Crippen LogP contribution is 2.37. The van der Waals surface area contributed by atoms with Crippen molar-refractivity contribution >= 4 is 44.4 Å².